The van der Waals surface area contributed by atoms with Gasteiger partial charge in [-0.05, 0) is 0 Å². The van der Waals surface area contributed by atoms with Crippen molar-refractivity contribution in [3.63, 3.8) is 0 Å². The SMILES string of the molecule is COCC(CO)NS(=O)(=O)CCCl. The molecule has 0 amide bonds. The number of halogens is 1. The van der Waals surface area contributed by atoms with Crippen molar-refractivity contribution >= 4 is 21.6 Å². The van der Waals surface area contributed by atoms with Gasteiger partial charge in [-0.25, -0.2) is 13.1 Å². The van der Waals surface area contributed by atoms with Crippen LogP contribution in [0, 0.1) is 0 Å². The van der Waals surface area contributed by atoms with E-state index in [4.69, 9.17) is 21.4 Å². The van der Waals surface area contributed by atoms with Crippen molar-refractivity contribution in [1.82, 2.24) is 4.72 Å². The second-order valence-electron chi connectivity index (χ2n) is 2.46. The lowest BCUT2D eigenvalue weighted by molar-refractivity contribution is 0.139. The maximum absolute atomic E-state index is 11.1. The predicted molar refractivity (Wildman–Crippen MR) is 50.4 cm³/mol. The number of hydrogen-bond acceptors (Lipinski definition) is 4. The number of rotatable bonds is 7. The lowest BCUT2D eigenvalue weighted by Gasteiger charge is -2.14. The van der Waals surface area contributed by atoms with Crippen LogP contribution in [0.2, 0.25) is 0 Å². The summed E-state index contributed by atoms with van der Waals surface area (Å²) in [5, 5.41) is 8.75. The average molecular weight is 232 g/mol. The van der Waals surface area contributed by atoms with Crippen molar-refractivity contribution in [3.05, 3.63) is 0 Å². The topological polar surface area (TPSA) is 75.6 Å². The van der Waals surface area contributed by atoms with Crippen molar-refractivity contribution in [2.45, 2.75) is 6.04 Å². The number of hydrogen-bond donors (Lipinski definition) is 2. The molecule has 80 valence electrons. The summed E-state index contributed by atoms with van der Waals surface area (Å²) in [6.45, 7) is -0.159. The van der Waals surface area contributed by atoms with E-state index in [-0.39, 0.29) is 24.8 Å². The number of aliphatic hydroxyl groups excluding tert-OH is 1. The van der Waals surface area contributed by atoms with Crippen LogP contribution in [0.4, 0.5) is 0 Å². The van der Waals surface area contributed by atoms with Gasteiger partial charge in [0.25, 0.3) is 0 Å². The van der Waals surface area contributed by atoms with Gasteiger partial charge in [0.2, 0.25) is 10.0 Å². The van der Waals surface area contributed by atoms with Crippen LogP contribution in [-0.4, -0.2) is 51.5 Å². The molecule has 0 aliphatic heterocycles. The second-order valence-corrected chi connectivity index (χ2v) is 4.71. The highest BCUT2D eigenvalue weighted by molar-refractivity contribution is 7.89. The zero-order valence-electron chi connectivity index (χ0n) is 7.36. The van der Waals surface area contributed by atoms with Gasteiger partial charge >= 0.3 is 0 Å². The molecule has 5 nitrogen and oxygen atoms in total. The highest BCUT2D eigenvalue weighted by Crippen LogP contribution is 1.92. The zero-order chi connectivity index (χ0) is 10.3. The molecule has 0 saturated heterocycles. The predicted octanol–water partition coefficient (Wildman–Crippen LogP) is -0.848. The number of sulfonamides is 1. The maximum Gasteiger partial charge on any atom is 0.213 e. The minimum atomic E-state index is -3.39. The van der Waals surface area contributed by atoms with Crippen LogP contribution < -0.4 is 4.72 Å². The summed E-state index contributed by atoms with van der Waals surface area (Å²) >= 11 is 5.28. The Kier molecular flexibility index (Phi) is 6.62. The smallest absolute Gasteiger partial charge is 0.213 e. The number of alkyl halides is 1. The van der Waals surface area contributed by atoms with Gasteiger partial charge in [0.05, 0.1) is 25.0 Å². The van der Waals surface area contributed by atoms with Crippen LogP contribution in [0.5, 0.6) is 0 Å². The van der Waals surface area contributed by atoms with E-state index in [1.165, 1.54) is 7.11 Å². The quantitative estimate of drug-likeness (QED) is 0.560. The Balaban J connectivity index is 4.06. The van der Waals surface area contributed by atoms with Gasteiger partial charge in [0.15, 0.2) is 0 Å². The fourth-order valence-corrected chi connectivity index (χ4v) is 2.32. The van der Waals surface area contributed by atoms with E-state index in [9.17, 15) is 8.42 Å². The van der Waals surface area contributed by atoms with Gasteiger partial charge in [0.1, 0.15) is 0 Å². The van der Waals surface area contributed by atoms with Crippen LogP contribution in [0.3, 0.4) is 0 Å². The van der Waals surface area contributed by atoms with Crippen LogP contribution in [-0.2, 0) is 14.8 Å². The van der Waals surface area contributed by atoms with Gasteiger partial charge in [-0.2, -0.15) is 0 Å². The fourth-order valence-electron chi connectivity index (χ4n) is 0.740. The molecular formula is C6H14ClNO4S. The molecule has 13 heavy (non-hydrogen) atoms. The number of ether oxygens (including phenoxy) is 1. The molecule has 0 heterocycles. The lowest BCUT2D eigenvalue weighted by atomic mass is 10.4. The minimum absolute atomic E-state index is 0.0282. The molecule has 0 fully saturated rings. The molecule has 0 spiro atoms. The summed E-state index contributed by atoms with van der Waals surface area (Å²) in [7, 11) is -1.96. The van der Waals surface area contributed by atoms with Gasteiger partial charge in [0, 0.05) is 13.0 Å². The fraction of sp³-hybridized carbons (Fsp3) is 1.00. The van der Waals surface area contributed by atoms with E-state index in [2.05, 4.69) is 4.72 Å². The molecule has 0 aromatic heterocycles. The van der Waals surface area contributed by atoms with Crippen molar-refractivity contribution in [1.29, 1.82) is 0 Å². The largest absolute Gasteiger partial charge is 0.395 e. The van der Waals surface area contributed by atoms with Crippen molar-refractivity contribution in [3.8, 4) is 0 Å². The average Bonchev–Trinajstić information content (AvgIpc) is 2.03. The Hall–Kier alpha value is 0.120. The van der Waals surface area contributed by atoms with Crippen LogP contribution in [0.25, 0.3) is 0 Å². The highest BCUT2D eigenvalue weighted by Gasteiger charge is 2.16. The van der Waals surface area contributed by atoms with Crippen LogP contribution in [0.1, 0.15) is 0 Å². The van der Waals surface area contributed by atoms with Gasteiger partial charge < -0.3 is 9.84 Å². The maximum atomic E-state index is 11.1. The molecule has 2 N–H and O–H groups in total. The van der Waals surface area contributed by atoms with E-state index in [1.807, 2.05) is 0 Å². The minimum Gasteiger partial charge on any atom is -0.395 e. The summed E-state index contributed by atoms with van der Waals surface area (Å²) in [5.74, 6) is -0.130. The molecule has 0 aromatic carbocycles. The molecule has 0 aromatic rings. The molecule has 0 rings (SSSR count). The Labute approximate surface area is 83.1 Å². The Morgan fingerprint density at radius 1 is 1.62 bits per heavy atom. The number of aliphatic hydroxyl groups is 1. The first-order chi connectivity index (χ1) is 6.05. The van der Waals surface area contributed by atoms with Gasteiger partial charge in [-0.3, -0.25) is 0 Å². The van der Waals surface area contributed by atoms with Gasteiger partial charge in [-0.1, -0.05) is 0 Å². The van der Waals surface area contributed by atoms with E-state index in [1.54, 1.807) is 0 Å². The first-order valence-electron chi connectivity index (χ1n) is 3.71. The summed E-state index contributed by atoms with van der Waals surface area (Å²) < 4.78 is 29.2. The Morgan fingerprint density at radius 3 is 2.62 bits per heavy atom. The van der Waals surface area contributed by atoms with Crippen LogP contribution >= 0.6 is 11.6 Å². The molecule has 7 heteroatoms. The summed E-state index contributed by atoms with van der Waals surface area (Å²) in [6, 6.07) is -0.599. The first kappa shape index (κ1) is 13.1. The molecule has 0 aliphatic rings. The van der Waals surface area contributed by atoms with Gasteiger partial charge in [-0.15, -0.1) is 11.6 Å². The van der Waals surface area contributed by atoms with Crippen molar-refractivity contribution < 1.29 is 18.3 Å². The summed E-state index contributed by atoms with van der Waals surface area (Å²) in [5.41, 5.74) is 0. The molecule has 1 atom stereocenters. The number of methoxy groups -OCH3 is 1. The molecular weight excluding hydrogens is 218 g/mol. The van der Waals surface area contributed by atoms with E-state index in [0.29, 0.717) is 0 Å². The standard InChI is InChI=1S/C6H14ClNO4S/c1-12-5-6(4-9)8-13(10,11)3-2-7/h6,8-9H,2-5H2,1H3. The zero-order valence-corrected chi connectivity index (χ0v) is 8.94. The van der Waals surface area contributed by atoms with Crippen molar-refractivity contribution in [2.75, 3.05) is 32.0 Å². The molecule has 0 bridgehead atoms. The van der Waals surface area contributed by atoms with E-state index in [0.717, 1.165) is 0 Å². The van der Waals surface area contributed by atoms with E-state index < -0.39 is 16.1 Å². The van der Waals surface area contributed by atoms with Crippen molar-refractivity contribution in [2.24, 2.45) is 0 Å². The first-order valence-corrected chi connectivity index (χ1v) is 5.90. The summed E-state index contributed by atoms with van der Waals surface area (Å²) in [4.78, 5) is 0. The third-order valence-electron chi connectivity index (χ3n) is 1.28. The Bertz CT molecular complexity index is 219. The van der Waals surface area contributed by atoms with E-state index >= 15 is 0 Å². The third-order valence-corrected chi connectivity index (χ3v) is 3.13. The second kappa shape index (κ2) is 6.56. The summed E-state index contributed by atoms with van der Waals surface area (Å²) in [6.07, 6.45) is 0. The molecule has 0 saturated carbocycles. The normalized spacial score (nSPS) is 14.4. The monoisotopic (exact) mass is 231 g/mol. The Morgan fingerprint density at radius 2 is 2.23 bits per heavy atom. The molecule has 1 unspecified atom stereocenters. The third kappa shape index (κ3) is 6.23. The van der Waals surface area contributed by atoms with Crippen LogP contribution in [0.15, 0.2) is 0 Å². The number of nitrogens with one attached hydrogen (secondary N) is 1. The molecule has 0 aliphatic carbocycles. The lowest BCUT2D eigenvalue weighted by Crippen LogP contribution is -2.41. The highest BCUT2D eigenvalue weighted by atomic mass is 35.5. The molecule has 0 radical (unpaired) electrons.